The van der Waals surface area contributed by atoms with Crippen LogP contribution in [0, 0.1) is 56.2 Å². The highest BCUT2D eigenvalue weighted by molar-refractivity contribution is 8.02. The van der Waals surface area contributed by atoms with Crippen LogP contribution in [-0.4, -0.2) is 20.4 Å². The quantitative estimate of drug-likeness (QED) is 0.387. The van der Waals surface area contributed by atoms with Crippen molar-refractivity contribution >= 4 is 23.5 Å². The molecule has 8 atom stereocenters. The fourth-order valence-electron chi connectivity index (χ4n) is 7.68. The lowest BCUT2D eigenvalue weighted by Crippen LogP contribution is -2.42. The van der Waals surface area contributed by atoms with Crippen LogP contribution in [0.3, 0.4) is 0 Å². The van der Waals surface area contributed by atoms with Crippen molar-refractivity contribution < 1.29 is 4.74 Å². The number of thioether (sulfide) groups is 2. The van der Waals surface area contributed by atoms with Gasteiger partial charge in [0.2, 0.25) is 9.87 Å². The average Bonchev–Trinajstić information content (AvgIpc) is 3.20. The third-order valence-corrected chi connectivity index (χ3v) is 14.2. The van der Waals surface area contributed by atoms with Gasteiger partial charge in [0, 0.05) is 10.5 Å². The van der Waals surface area contributed by atoms with Gasteiger partial charge in [-0.05, 0) is 85.9 Å². The lowest BCUT2D eigenvalue weighted by atomic mass is 9.71. The van der Waals surface area contributed by atoms with Crippen molar-refractivity contribution in [2.75, 3.05) is 0 Å². The van der Waals surface area contributed by atoms with Crippen LogP contribution in [0.15, 0.2) is 0 Å². The summed E-state index contributed by atoms with van der Waals surface area (Å²) in [6, 6.07) is 4.92. The van der Waals surface area contributed by atoms with E-state index in [0.29, 0.717) is 21.3 Å². The van der Waals surface area contributed by atoms with Gasteiger partial charge in [-0.15, -0.1) is 23.5 Å². The summed E-state index contributed by atoms with van der Waals surface area (Å²) in [5.41, 5.74) is 1.05. The predicted octanol–water partition coefficient (Wildman–Crippen LogP) is 7.38. The molecule has 4 bridgehead atoms. The van der Waals surface area contributed by atoms with Gasteiger partial charge in [-0.2, -0.15) is 10.5 Å². The Morgan fingerprint density at radius 1 is 0.742 bits per heavy atom. The molecule has 5 heteroatoms. The summed E-state index contributed by atoms with van der Waals surface area (Å²) in [7, 11) is 0. The Bertz CT molecular complexity index is 775. The number of hydrogen-bond donors (Lipinski definition) is 0. The standard InChI is InChI=1S/C26H40N2OS2/c1-21(2)17-9-11-23(21,5)19(13-17)30-25(7,15-27)29-26(8,16-28)31-20-14-18-10-12-24(20,6)22(18,3)4/h17-20H,9-14H2,1-8H3. The fraction of sp³-hybridized carbons (Fsp3) is 0.923. The van der Waals surface area contributed by atoms with Crippen LogP contribution in [0.2, 0.25) is 0 Å². The Hall–Kier alpha value is -0.360. The zero-order chi connectivity index (χ0) is 23.1. The largest absolute Gasteiger partial charge is 0.321 e. The van der Waals surface area contributed by atoms with Crippen LogP contribution in [0.25, 0.3) is 0 Å². The van der Waals surface area contributed by atoms with E-state index in [1.807, 2.05) is 13.8 Å². The lowest BCUT2D eigenvalue weighted by molar-refractivity contribution is 0.0242. The first-order valence-corrected chi connectivity index (χ1v) is 13.8. The SMILES string of the molecule is CC(C#N)(OC(C)(C#N)SC1CC2CCC1(C)C2(C)C)SC1CC2CCC1(C)C2(C)C. The smallest absolute Gasteiger partial charge is 0.201 e. The van der Waals surface area contributed by atoms with E-state index in [1.54, 1.807) is 23.5 Å². The molecule has 0 aromatic carbocycles. The van der Waals surface area contributed by atoms with Crippen LogP contribution in [0.4, 0.5) is 0 Å². The highest BCUT2D eigenvalue weighted by Crippen LogP contribution is 2.71. The molecule has 3 nitrogen and oxygen atoms in total. The third kappa shape index (κ3) is 3.24. The summed E-state index contributed by atoms with van der Waals surface area (Å²) in [5, 5.41) is 21.1. The van der Waals surface area contributed by atoms with Crippen molar-refractivity contribution in [3.8, 4) is 12.1 Å². The zero-order valence-electron chi connectivity index (χ0n) is 20.7. The van der Waals surface area contributed by atoms with Crippen LogP contribution < -0.4 is 0 Å². The number of fused-ring (bicyclic) bond motifs is 4. The molecule has 4 rings (SSSR count). The molecular weight excluding hydrogens is 420 g/mol. The molecule has 31 heavy (non-hydrogen) atoms. The van der Waals surface area contributed by atoms with Crippen molar-refractivity contribution in [1.29, 1.82) is 10.5 Å². The van der Waals surface area contributed by atoms with E-state index in [0.717, 1.165) is 24.7 Å². The first-order chi connectivity index (χ1) is 14.2. The molecule has 0 aromatic heterocycles. The number of nitrogens with zero attached hydrogens (tertiary/aromatic N) is 2. The maximum Gasteiger partial charge on any atom is 0.201 e. The molecule has 8 unspecified atom stereocenters. The molecule has 0 radical (unpaired) electrons. The van der Waals surface area contributed by atoms with Crippen molar-refractivity contribution in [2.24, 2.45) is 33.5 Å². The van der Waals surface area contributed by atoms with E-state index in [4.69, 9.17) is 4.74 Å². The van der Waals surface area contributed by atoms with Crippen LogP contribution >= 0.6 is 23.5 Å². The fourth-order valence-corrected chi connectivity index (χ4v) is 11.4. The first kappa shape index (κ1) is 23.8. The summed E-state index contributed by atoms with van der Waals surface area (Å²) in [4.78, 5) is -2.03. The molecule has 0 N–H and O–H groups in total. The van der Waals surface area contributed by atoms with Crippen molar-refractivity contribution in [1.82, 2.24) is 0 Å². The minimum atomic E-state index is -1.01. The predicted molar refractivity (Wildman–Crippen MR) is 130 cm³/mol. The van der Waals surface area contributed by atoms with Gasteiger partial charge in [0.15, 0.2) is 0 Å². The summed E-state index contributed by atoms with van der Waals surface area (Å²) < 4.78 is 6.49. The normalized spacial score (nSPS) is 45.6. The summed E-state index contributed by atoms with van der Waals surface area (Å²) >= 11 is 3.37. The van der Waals surface area contributed by atoms with Gasteiger partial charge in [-0.3, -0.25) is 0 Å². The minimum absolute atomic E-state index is 0.224. The van der Waals surface area contributed by atoms with Crippen molar-refractivity contribution in [3.63, 3.8) is 0 Å². The molecule has 4 aliphatic carbocycles. The van der Waals surface area contributed by atoms with E-state index >= 15 is 0 Å². The Morgan fingerprint density at radius 2 is 1.10 bits per heavy atom. The Labute approximate surface area is 198 Å². The van der Waals surface area contributed by atoms with Crippen molar-refractivity contribution in [3.05, 3.63) is 0 Å². The number of ether oxygens (including phenoxy) is 1. The molecule has 0 amide bonds. The van der Waals surface area contributed by atoms with Crippen LogP contribution in [-0.2, 0) is 4.74 Å². The van der Waals surface area contributed by atoms with E-state index in [2.05, 4.69) is 53.7 Å². The van der Waals surface area contributed by atoms with Crippen molar-refractivity contribution in [2.45, 2.75) is 114 Å². The summed E-state index contributed by atoms with van der Waals surface area (Å²) in [5.74, 6) is 1.46. The molecule has 0 aromatic rings. The van der Waals surface area contributed by atoms with E-state index in [1.165, 1.54) is 25.7 Å². The first-order valence-electron chi connectivity index (χ1n) is 12.0. The van der Waals surface area contributed by atoms with E-state index < -0.39 is 9.87 Å². The van der Waals surface area contributed by atoms with Gasteiger partial charge < -0.3 is 4.74 Å². The van der Waals surface area contributed by atoms with Gasteiger partial charge in [0.1, 0.15) is 12.1 Å². The highest BCUT2D eigenvalue weighted by Gasteiger charge is 2.64. The number of nitriles is 2. The second kappa shape index (κ2) is 7.07. The molecular formula is C26H40N2OS2. The molecule has 0 aliphatic heterocycles. The lowest BCUT2D eigenvalue weighted by Gasteiger charge is -2.43. The molecule has 172 valence electrons. The molecule has 0 spiro atoms. The highest BCUT2D eigenvalue weighted by atomic mass is 32.2. The molecule has 4 aliphatic rings. The van der Waals surface area contributed by atoms with E-state index in [-0.39, 0.29) is 10.8 Å². The van der Waals surface area contributed by atoms with Crippen LogP contribution in [0.5, 0.6) is 0 Å². The molecule has 0 saturated heterocycles. The monoisotopic (exact) mass is 460 g/mol. The minimum Gasteiger partial charge on any atom is -0.321 e. The van der Waals surface area contributed by atoms with Gasteiger partial charge in [0.05, 0.1) is 0 Å². The average molecular weight is 461 g/mol. The van der Waals surface area contributed by atoms with Gasteiger partial charge in [0.25, 0.3) is 0 Å². The van der Waals surface area contributed by atoms with Gasteiger partial charge in [-0.1, -0.05) is 41.5 Å². The molecule has 4 saturated carbocycles. The number of hydrogen-bond acceptors (Lipinski definition) is 5. The second-order valence-corrected chi connectivity index (χ2v) is 15.8. The number of rotatable bonds is 6. The Kier molecular flexibility index (Phi) is 5.43. The molecule has 0 heterocycles. The Balaban J connectivity index is 1.51. The third-order valence-electron chi connectivity index (χ3n) is 11.0. The maximum absolute atomic E-state index is 10.2. The van der Waals surface area contributed by atoms with Gasteiger partial charge in [-0.25, -0.2) is 0 Å². The molecule has 4 fully saturated rings. The Morgan fingerprint density at radius 3 is 1.32 bits per heavy atom. The topological polar surface area (TPSA) is 56.8 Å². The van der Waals surface area contributed by atoms with E-state index in [9.17, 15) is 10.5 Å². The second-order valence-electron chi connectivity index (χ2n) is 12.7. The van der Waals surface area contributed by atoms with Gasteiger partial charge >= 0.3 is 0 Å². The maximum atomic E-state index is 10.2. The summed E-state index contributed by atoms with van der Waals surface area (Å²) in [6.07, 6.45) is 7.36. The summed E-state index contributed by atoms with van der Waals surface area (Å²) in [6.45, 7) is 18.2. The zero-order valence-corrected chi connectivity index (χ0v) is 22.3. The van der Waals surface area contributed by atoms with Crippen LogP contribution in [0.1, 0.15) is 93.9 Å².